The molecule has 1 rings (SSSR count). The van der Waals surface area contributed by atoms with Gasteiger partial charge in [0.15, 0.2) is 5.13 Å². The van der Waals surface area contributed by atoms with E-state index in [9.17, 15) is 4.79 Å². The first kappa shape index (κ1) is 16.7. The Balaban J connectivity index is 2.59. The van der Waals surface area contributed by atoms with Crippen molar-refractivity contribution >= 4 is 28.2 Å². The number of nitrogens with two attached hydrogens (primary N) is 1. The summed E-state index contributed by atoms with van der Waals surface area (Å²) < 4.78 is 4.99. The van der Waals surface area contributed by atoms with E-state index in [2.05, 4.69) is 29.5 Å². The first-order valence-electron chi connectivity index (χ1n) is 6.74. The highest BCUT2D eigenvalue weighted by Gasteiger charge is 2.17. The van der Waals surface area contributed by atoms with Gasteiger partial charge < -0.3 is 21.1 Å². The molecule has 0 aliphatic rings. The second-order valence-corrected chi connectivity index (χ2v) is 6.16. The number of hydrogen-bond acceptors (Lipinski definition) is 6. The zero-order chi connectivity index (χ0) is 15.1. The van der Waals surface area contributed by atoms with Crippen LogP contribution in [0.25, 0.3) is 0 Å². The number of nitrogen functional groups attached to an aromatic ring is 1. The minimum atomic E-state index is -0.179. The molecule has 0 aliphatic carbocycles. The molecule has 1 aromatic heterocycles. The summed E-state index contributed by atoms with van der Waals surface area (Å²) in [4.78, 5) is 16.7. The quantitative estimate of drug-likeness (QED) is 0.683. The Morgan fingerprint density at radius 2 is 2.15 bits per heavy atom. The maximum absolute atomic E-state index is 12.1. The van der Waals surface area contributed by atoms with Crippen molar-refractivity contribution in [3.05, 3.63) is 4.88 Å². The first-order chi connectivity index (χ1) is 9.43. The molecule has 0 bridgehead atoms. The largest absolute Gasteiger partial charge is 0.385 e. The number of amides is 1. The summed E-state index contributed by atoms with van der Waals surface area (Å²) in [7, 11) is 1.64. The lowest BCUT2D eigenvalue weighted by atomic mass is 10.2. The second-order valence-electron chi connectivity index (χ2n) is 5.16. The summed E-state index contributed by atoms with van der Waals surface area (Å²) >= 11 is 1.28. The van der Waals surface area contributed by atoms with E-state index in [1.807, 2.05) is 6.92 Å². The molecule has 0 aromatic carbocycles. The molecule has 1 amide bonds. The minimum Gasteiger partial charge on any atom is -0.385 e. The van der Waals surface area contributed by atoms with Crippen LogP contribution in [-0.2, 0) is 4.74 Å². The minimum absolute atomic E-state index is 0.0380. The number of ether oxygens (including phenoxy) is 1. The molecule has 20 heavy (non-hydrogen) atoms. The van der Waals surface area contributed by atoms with E-state index in [-0.39, 0.29) is 17.8 Å². The van der Waals surface area contributed by atoms with Gasteiger partial charge in [0.25, 0.3) is 5.91 Å². The molecule has 114 valence electrons. The lowest BCUT2D eigenvalue weighted by molar-refractivity contribution is 0.0934. The number of rotatable bonds is 8. The number of anilines is 2. The van der Waals surface area contributed by atoms with Gasteiger partial charge in [0.05, 0.1) is 0 Å². The molecule has 0 saturated heterocycles. The normalized spacial score (nSPS) is 12.4. The van der Waals surface area contributed by atoms with Gasteiger partial charge in [0.1, 0.15) is 10.7 Å². The predicted octanol–water partition coefficient (Wildman–Crippen LogP) is 1.95. The van der Waals surface area contributed by atoms with Crippen LogP contribution in [0.5, 0.6) is 0 Å². The highest BCUT2D eigenvalue weighted by atomic mass is 32.1. The maximum Gasteiger partial charge on any atom is 0.265 e. The summed E-state index contributed by atoms with van der Waals surface area (Å²) in [5, 5.41) is 6.75. The molecule has 0 saturated carbocycles. The Labute approximate surface area is 124 Å². The monoisotopic (exact) mass is 300 g/mol. The number of thiazole rings is 1. The predicted molar refractivity (Wildman–Crippen MR) is 83.3 cm³/mol. The van der Waals surface area contributed by atoms with E-state index in [1.54, 1.807) is 7.11 Å². The number of aromatic nitrogens is 1. The average molecular weight is 300 g/mol. The lowest BCUT2D eigenvalue weighted by Gasteiger charge is -2.12. The molecule has 1 unspecified atom stereocenters. The Morgan fingerprint density at radius 3 is 2.75 bits per heavy atom. The van der Waals surface area contributed by atoms with Crippen LogP contribution < -0.4 is 16.4 Å². The van der Waals surface area contributed by atoms with Gasteiger partial charge in [-0.15, -0.1) is 0 Å². The molecule has 1 atom stereocenters. The summed E-state index contributed by atoms with van der Waals surface area (Å²) in [5.74, 6) is 0.602. The van der Waals surface area contributed by atoms with Gasteiger partial charge in [-0.1, -0.05) is 25.2 Å². The van der Waals surface area contributed by atoms with Crippen LogP contribution in [0, 0.1) is 5.92 Å². The van der Waals surface area contributed by atoms with Crippen LogP contribution in [0.1, 0.15) is 36.9 Å². The fourth-order valence-corrected chi connectivity index (χ4v) is 2.31. The SMILES string of the molecule is COCCC(C)NC(=O)c1sc(NCC(C)C)nc1N. The van der Waals surface area contributed by atoms with Gasteiger partial charge in [-0.05, 0) is 19.3 Å². The van der Waals surface area contributed by atoms with Crippen molar-refractivity contribution in [3.63, 3.8) is 0 Å². The lowest BCUT2D eigenvalue weighted by Crippen LogP contribution is -2.33. The van der Waals surface area contributed by atoms with Gasteiger partial charge >= 0.3 is 0 Å². The van der Waals surface area contributed by atoms with E-state index < -0.39 is 0 Å². The van der Waals surface area contributed by atoms with Gasteiger partial charge in [-0.2, -0.15) is 0 Å². The standard InChI is InChI=1S/C13H24N4O2S/c1-8(2)7-15-13-17-11(14)10(20-13)12(18)16-9(3)5-6-19-4/h8-9H,5-7,14H2,1-4H3,(H,15,17)(H,16,18). The fourth-order valence-electron chi connectivity index (χ4n) is 1.52. The number of methoxy groups -OCH3 is 1. The van der Waals surface area contributed by atoms with Crippen molar-refractivity contribution < 1.29 is 9.53 Å². The van der Waals surface area contributed by atoms with Gasteiger partial charge in [0, 0.05) is 26.3 Å². The molecular weight excluding hydrogens is 276 g/mol. The van der Waals surface area contributed by atoms with Crippen molar-refractivity contribution in [2.45, 2.75) is 33.2 Å². The highest BCUT2D eigenvalue weighted by molar-refractivity contribution is 7.18. The molecule has 7 heteroatoms. The molecule has 4 N–H and O–H groups in total. The Morgan fingerprint density at radius 1 is 1.45 bits per heavy atom. The third-order valence-corrected chi connectivity index (χ3v) is 3.68. The zero-order valence-electron chi connectivity index (χ0n) is 12.5. The molecule has 1 heterocycles. The maximum atomic E-state index is 12.1. The molecule has 0 fully saturated rings. The molecule has 1 aromatic rings. The van der Waals surface area contributed by atoms with Gasteiger partial charge in [0.2, 0.25) is 0 Å². The van der Waals surface area contributed by atoms with Crippen LogP contribution in [0.2, 0.25) is 0 Å². The van der Waals surface area contributed by atoms with Crippen LogP contribution in [0.3, 0.4) is 0 Å². The second kappa shape index (κ2) is 8.06. The van der Waals surface area contributed by atoms with Crippen LogP contribution >= 0.6 is 11.3 Å². The molecular formula is C13H24N4O2S. The molecule has 6 nitrogen and oxygen atoms in total. The average Bonchev–Trinajstić information content (AvgIpc) is 2.75. The van der Waals surface area contributed by atoms with E-state index >= 15 is 0 Å². The topological polar surface area (TPSA) is 89.3 Å². The zero-order valence-corrected chi connectivity index (χ0v) is 13.3. The summed E-state index contributed by atoms with van der Waals surface area (Å²) in [6, 6.07) is 0.0380. The van der Waals surface area contributed by atoms with Crippen molar-refractivity contribution in [2.75, 3.05) is 31.3 Å². The van der Waals surface area contributed by atoms with Gasteiger partial charge in [-0.3, -0.25) is 4.79 Å². The number of hydrogen-bond donors (Lipinski definition) is 3. The Kier molecular flexibility index (Phi) is 6.74. The summed E-state index contributed by atoms with van der Waals surface area (Å²) in [5.41, 5.74) is 5.80. The van der Waals surface area contributed by atoms with E-state index in [0.29, 0.717) is 22.5 Å². The van der Waals surface area contributed by atoms with Crippen molar-refractivity contribution in [3.8, 4) is 0 Å². The first-order valence-corrected chi connectivity index (χ1v) is 7.55. The van der Waals surface area contributed by atoms with Crippen molar-refractivity contribution in [1.29, 1.82) is 0 Å². The highest BCUT2D eigenvalue weighted by Crippen LogP contribution is 2.25. The molecule has 0 spiro atoms. The number of carbonyl (C=O) groups excluding carboxylic acids is 1. The Hall–Kier alpha value is -1.34. The van der Waals surface area contributed by atoms with Crippen LogP contribution in [-0.4, -0.2) is 37.2 Å². The third kappa shape index (κ3) is 5.34. The fraction of sp³-hybridized carbons (Fsp3) is 0.692. The Bertz CT molecular complexity index is 434. The smallest absolute Gasteiger partial charge is 0.265 e. The number of nitrogens with one attached hydrogen (secondary N) is 2. The van der Waals surface area contributed by atoms with Crippen LogP contribution in [0.15, 0.2) is 0 Å². The summed E-state index contributed by atoms with van der Waals surface area (Å²) in [6.07, 6.45) is 0.763. The van der Waals surface area contributed by atoms with Crippen molar-refractivity contribution in [1.82, 2.24) is 10.3 Å². The van der Waals surface area contributed by atoms with E-state index in [4.69, 9.17) is 10.5 Å². The number of carbonyl (C=O) groups is 1. The molecule has 0 radical (unpaired) electrons. The van der Waals surface area contributed by atoms with Crippen molar-refractivity contribution in [2.24, 2.45) is 5.92 Å². The van der Waals surface area contributed by atoms with Gasteiger partial charge in [-0.25, -0.2) is 4.98 Å². The number of nitrogens with zero attached hydrogens (tertiary/aromatic N) is 1. The van der Waals surface area contributed by atoms with Crippen LogP contribution in [0.4, 0.5) is 10.9 Å². The third-order valence-electron chi connectivity index (χ3n) is 2.65. The van der Waals surface area contributed by atoms with E-state index in [0.717, 1.165) is 13.0 Å². The summed E-state index contributed by atoms with van der Waals surface area (Å²) in [6.45, 7) is 7.56. The van der Waals surface area contributed by atoms with E-state index in [1.165, 1.54) is 11.3 Å². The molecule has 0 aliphatic heterocycles.